The highest BCUT2D eigenvalue weighted by Gasteiger charge is 2.30. The molecule has 1 aromatic carbocycles. The van der Waals surface area contributed by atoms with Gasteiger partial charge in [0.25, 0.3) is 0 Å². The van der Waals surface area contributed by atoms with Crippen molar-refractivity contribution in [3.05, 3.63) is 35.4 Å². The molecule has 1 amide bonds. The summed E-state index contributed by atoms with van der Waals surface area (Å²) in [6.45, 7) is 1.63. The summed E-state index contributed by atoms with van der Waals surface area (Å²) < 4.78 is 9.87. The smallest absolute Gasteiger partial charge is 0.347 e. The summed E-state index contributed by atoms with van der Waals surface area (Å²) in [6.07, 6.45) is 1.12. The molecule has 2 fully saturated rings. The van der Waals surface area contributed by atoms with Gasteiger partial charge in [0, 0.05) is 25.9 Å². The summed E-state index contributed by atoms with van der Waals surface area (Å²) in [5.74, 6) is -0.853. The van der Waals surface area contributed by atoms with E-state index < -0.39 is 18.0 Å². The molecule has 2 aliphatic heterocycles. The van der Waals surface area contributed by atoms with Crippen molar-refractivity contribution in [2.45, 2.75) is 31.9 Å². The minimum atomic E-state index is -0.797. The third-order valence-electron chi connectivity index (χ3n) is 3.87. The molecule has 2 saturated heterocycles. The predicted octanol–water partition coefficient (Wildman–Crippen LogP) is 1.28. The minimum absolute atomic E-state index is 0.170. The van der Waals surface area contributed by atoms with Gasteiger partial charge in [0.15, 0.2) is 0 Å². The maximum Gasteiger partial charge on any atom is 0.347 e. The van der Waals surface area contributed by atoms with E-state index >= 15 is 0 Å². The number of cyclic esters (lactones) is 1. The number of nitrogens with zero attached hydrogens (tertiary/aromatic N) is 1. The van der Waals surface area contributed by atoms with Crippen LogP contribution in [0.2, 0.25) is 0 Å². The molecule has 6 heteroatoms. The van der Waals surface area contributed by atoms with Crippen LogP contribution in [-0.4, -0.2) is 42.0 Å². The minimum Gasteiger partial charge on any atom is -0.463 e. The molecule has 116 valence electrons. The normalized spacial score (nSPS) is 21.1. The number of hydrogen-bond acceptors (Lipinski definition) is 5. The quantitative estimate of drug-likeness (QED) is 0.784. The molecule has 2 aliphatic rings. The Kier molecular flexibility index (Phi) is 4.09. The van der Waals surface area contributed by atoms with Crippen LogP contribution in [0, 0.1) is 0 Å². The number of rotatable bonds is 4. The average Bonchev–Trinajstić information content (AvgIpc) is 3.09. The van der Waals surface area contributed by atoms with Crippen LogP contribution in [0.1, 0.15) is 35.2 Å². The molecule has 0 aromatic heterocycles. The van der Waals surface area contributed by atoms with Crippen molar-refractivity contribution in [3.63, 3.8) is 0 Å². The second-order valence-electron chi connectivity index (χ2n) is 5.47. The topological polar surface area (TPSA) is 72.9 Å². The Morgan fingerprint density at radius 3 is 2.64 bits per heavy atom. The average molecular weight is 303 g/mol. The van der Waals surface area contributed by atoms with Crippen LogP contribution in [0.25, 0.3) is 0 Å². The summed E-state index contributed by atoms with van der Waals surface area (Å²) in [5, 5.41) is 0. The van der Waals surface area contributed by atoms with E-state index in [9.17, 15) is 14.4 Å². The molecular weight excluding hydrogens is 286 g/mol. The third kappa shape index (κ3) is 3.10. The Bertz CT molecular complexity index is 595. The van der Waals surface area contributed by atoms with Crippen molar-refractivity contribution in [2.24, 2.45) is 0 Å². The molecule has 2 heterocycles. The van der Waals surface area contributed by atoms with Gasteiger partial charge in [0.2, 0.25) is 12.0 Å². The van der Waals surface area contributed by atoms with E-state index in [2.05, 4.69) is 0 Å². The summed E-state index contributed by atoms with van der Waals surface area (Å²) in [6, 6.07) is 6.90. The molecule has 1 aromatic rings. The Hall–Kier alpha value is -2.37. The molecule has 6 nitrogen and oxygen atoms in total. The zero-order chi connectivity index (χ0) is 15.5. The van der Waals surface area contributed by atoms with E-state index in [4.69, 9.17) is 9.47 Å². The zero-order valence-corrected chi connectivity index (χ0v) is 12.1. The fourth-order valence-electron chi connectivity index (χ4n) is 2.62. The standard InChI is InChI=1S/C16H17NO5/c18-14-2-1-8-17(14)10-11-3-5-12(6-4-11)15(19)22-13-7-9-21-16(13)20/h3-6,13H,1-2,7-10H2/t13-/m0/s1. The molecule has 0 saturated carbocycles. The maximum absolute atomic E-state index is 12.0. The molecule has 0 bridgehead atoms. The monoisotopic (exact) mass is 303 g/mol. The van der Waals surface area contributed by atoms with Crippen molar-refractivity contribution in [1.29, 1.82) is 0 Å². The van der Waals surface area contributed by atoms with Gasteiger partial charge in [-0.25, -0.2) is 9.59 Å². The highest BCUT2D eigenvalue weighted by atomic mass is 16.6. The second-order valence-corrected chi connectivity index (χ2v) is 5.47. The molecule has 0 N–H and O–H groups in total. The van der Waals surface area contributed by atoms with E-state index in [-0.39, 0.29) is 5.91 Å². The summed E-state index contributed by atoms with van der Waals surface area (Å²) in [7, 11) is 0. The van der Waals surface area contributed by atoms with Crippen LogP contribution in [0.4, 0.5) is 0 Å². The van der Waals surface area contributed by atoms with Crippen LogP contribution in [-0.2, 0) is 25.6 Å². The molecule has 0 aliphatic carbocycles. The van der Waals surface area contributed by atoms with Gasteiger partial charge in [0.05, 0.1) is 12.2 Å². The summed E-state index contributed by atoms with van der Waals surface area (Å²) in [4.78, 5) is 36.6. The number of ether oxygens (including phenoxy) is 2. The van der Waals surface area contributed by atoms with Crippen molar-refractivity contribution in [2.75, 3.05) is 13.2 Å². The first kappa shape index (κ1) is 14.6. The van der Waals surface area contributed by atoms with Crippen LogP contribution in [0.15, 0.2) is 24.3 Å². The van der Waals surface area contributed by atoms with Crippen LogP contribution < -0.4 is 0 Å². The molecule has 1 atom stereocenters. The molecule has 0 radical (unpaired) electrons. The lowest BCUT2D eigenvalue weighted by Crippen LogP contribution is -2.24. The van der Waals surface area contributed by atoms with Crippen LogP contribution >= 0.6 is 0 Å². The molecule has 0 unspecified atom stereocenters. The molecule has 22 heavy (non-hydrogen) atoms. The third-order valence-corrected chi connectivity index (χ3v) is 3.87. The van der Waals surface area contributed by atoms with E-state index in [0.29, 0.717) is 31.6 Å². The van der Waals surface area contributed by atoms with Gasteiger partial charge in [-0.2, -0.15) is 0 Å². The number of carbonyl (C=O) groups excluding carboxylic acids is 3. The Morgan fingerprint density at radius 1 is 1.27 bits per heavy atom. The van der Waals surface area contributed by atoms with Gasteiger partial charge in [-0.3, -0.25) is 4.79 Å². The SMILES string of the molecule is O=C(O[C@H]1CCOC1=O)c1ccc(CN2CCCC2=O)cc1. The second kappa shape index (κ2) is 6.17. The fraction of sp³-hybridized carbons (Fsp3) is 0.438. The molecule has 0 spiro atoms. The first-order chi connectivity index (χ1) is 10.6. The summed E-state index contributed by atoms with van der Waals surface area (Å²) in [5.41, 5.74) is 1.35. The Balaban J connectivity index is 1.59. The van der Waals surface area contributed by atoms with Crippen LogP contribution in [0.3, 0.4) is 0 Å². The van der Waals surface area contributed by atoms with Crippen molar-refractivity contribution in [1.82, 2.24) is 4.90 Å². The number of benzene rings is 1. The number of esters is 2. The molecular formula is C16H17NO5. The number of likely N-dealkylation sites (tertiary alicyclic amines) is 1. The Morgan fingerprint density at radius 2 is 2.05 bits per heavy atom. The maximum atomic E-state index is 12.0. The van der Waals surface area contributed by atoms with Gasteiger partial charge in [0.1, 0.15) is 0 Å². The van der Waals surface area contributed by atoms with Crippen LogP contribution in [0.5, 0.6) is 0 Å². The largest absolute Gasteiger partial charge is 0.463 e. The fourth-order valence-corrected chi connectivity index (χ4v) is 2.62. The van der Waals surface area contributed by atoms with Gasteiger partial charge >= 0.3 is 11.9 Å². The lowest BCUT2D eigenvalue weighted by Gasteiger charge is -2.15. The number of carbonyl (C=O) groups is 3. The van der Waals surface area contributed by atoms with Gasteiger partial charge in [-0.15, -0.1) is 0 Å². The van der Waals surface area contributed by atoms with Gasteiger partial charge in [-0.1, -0.05) is 12.1 Å². The van der Waals surface area contributed by atoms with E-state index in [1.54, 1.807) is 24.3 Å². The van der Waals surface area contributed by atoms with Gasteiger partial charge < -0.3 is 14.4 Å². The number of amides is 1. The van der Waals surface area contributed by atoms with E-state index in [0.717, 1.165) is 18.5 Å². The van der Waals surface area contributed by atoms with E-state index in [1.165, 1.54) is 0 Å². The Labute approximate surface area is 128 Å². The lowest BCUT2D eigenvalue weighted by atomic mass is 10.1. The van der Waals surface area contributed by atoms with E-state index in [1.807, 2.05) is 4.90 Å². The summed E-state index contributed by atoms with van der Waals surface area (Å²) >= 11 is 0. The lowest BCUT2D eigenvalue weighted by molar-refractivity contribution is -0.145. The number of hydrogen-bond donors (Lipinski definition) is 0. The van der Waals surface area contributed by atoms with Crippen molar-refractivity contribution >= 4 is 17.8 Å². The van der Waals surface area contributed by atoms with Crippen molar-refractivity contribution < 1.29 is 23.9 Å². The first-order valence-electron chi connectivity index (χ1n) is 7.38. The highest BCUT2D eigenvalue weighted by molar-refractivity contribution is 5.91. The van der Waals surface area contributed by atoms with Gasteiger partial charge in [-0.05, 0) is 24.1 Å². The first-order valence-corrected chi connectivity index (χ1v) is 7.38. The highest BCUT2D eigenvalue weighted by Crippen LogP contribution is 2.16. The zero-order valence-electron chi connectivity index (χ0n) is 12.1. The molecule has 3 rings (SSSR count). The van der Waals surface area contributed by atoms with Crippen molar-refractivity contribution in [3.8, 4) is 0 Å². The predicted molar refractivity (Wildman–Crippen MR) is 75.9 cm³/mol.